The van der Waals surface area contributed by atoms with E-state index in [-0.39, 0.29) is 11.5 Å². The van der Waals surface area contributed by atoms with E-state index in [1.807, 2.05) is 19.9 Å². The number of amides is 1. The Hall–Kier alpha value is -2.14. The van der Waals surface area contributed by atoms with Crippen molar-refractivity contribution in [2.24, 2.45) is 0 Å². The van der Waals surface area contributed by atoms with Gasteiger partial charge in [-0.05, 0) is 49.7 Å². The van der Waals surface area contributed by atoms with Gasteiger partial charge in [-0.1, -0.05) is 0 Å². The lowest BCUT2D eigenvalue weighted by Crippen LogP contribution is -2.25. The molecule has 0 saturated heterocycles. The van der Waals surface area contributed by atoms with Gasteiger partial charge in [-0.25, -0.2) is 4.79 Å². The zero-order valence-corrected chi connectivity index (χ0v) is 12.3. The third-order valence-corrected chi connectivity index (χ3v) is 4.32. The van der Waals surface area contributed by atoms with Gasteiger partial charge >= 0.3 is 5.97 Å². The van der Waals surface area contributed by atoms with Crippen molar-refractivity contribution in [2.45, 2.75) is 13.8 Å². The van der Waals surface area contributed by atoms with Crippen LogP contribution in [-0.2, 0) is 0 Å². The lowest BCUT2D eigenvalue weighted by molar-refractivity contribution is 0.0696. The van der Waals surface area contributed by atoms with E-state index in [1.54, 1.807) is 19.2 Å². The van der Waals surface area contributed by atoms with E-state index in [0.29, 0.717) is 10.6 Å². The third kappa shape index (κ3) is 2.72. The number of benzene rings is 1. The van der Waals surface area contributed by atoms with Crippen molar-refractivity contribution in [3.8, 4) is 0 Å². The van der Waals surface area contributed by atoms with Crippen molar-refractivity contribution in [1.82, 2.24) is 0 Å². The van der Waals surface area contributed by atoms with Crippen LogP contribution in [0.3, 0.4) is 0 Å². The SMILES string of the molecule is Cc1cc(C(=O)N(C)c2ccc(C(=O)O)cc2)sc1C. The Bertz CT molecular complexity index is 639. The van der Waals surface area contributed by atoms with Crippen LogP contribution < -0.4 is 4.90 Å². The number of hydrogen-bond acceptors (Lipinski definition) is 3. The summed E-state index contributed by atoms with van der Waals surface area (Å²) in [6, 6.07) is 8.13. The maximum atomic E-state index is 12.3. The lowest BCUT2D eigenvalue weighted by Gasteiger charge is -2.16. The van der Waals surface area contributed by atoms with Gasteiger partial charge in [0.2, 0.25) is 0 Å². The maximum Gasteiger partial charge on any atom is 0.335 e. The fourth-order valence-electron chi connectivity index (χ4n) is 1.79. The van der Waals surface area contributed by atoms with Crippen LogP contribution >= 0.6 is 11.3 Å². The summed E-state index contributed by atoms with van der Waals surface area (Å²) in [5.41, 5.74) is 1.98. The predicted molar refractivity (Wildman–Crippen MR) is 79.9 cm³/mol. The zero-order valence-electron chi connectivity index (χ0n) is 11.5. The van der Waals surface area contributed by atoms with Gasteiger partial charge in [-0.15, -0.1) is 11.3 Å². The third-order valence-electron chi connectivity index (χ3n) is 3.18. The highest BCUT2D eigenvalue weighted by Crippen LogP contribution is 2.24. The van der Waals surface area contributed by atoms with Gasteiger partial charge in [0.05, 0.1) is 10.4 Å². The summed E-state index contributed by atoms with van der Waals surface area (Å²) in [7, 11) is 1.68. The van der Waals surface area contributed by atoms with Gasteiger partial charge in [0.15, 0.2) is 0 Å². The highest BCUT2D eigenvalue weighted by Gasteiger charge is 2.16. The van der Waals surface area contributed by atoms with E-state index >= 15 is 0 Å². The molecule has 0 unspecified atom stereocenters. The van der Waals surface area contributed by atoms with Crippen molar-refractivity contribution >= 4 is 28.9 Å². The summed E-state index contributed by atoms with van der Waals surface area (Å²) >= 11 is 1.47. The summed E-state index contributed by atoms with van der Waals surface area (Å²) in [6.07, 6.45) is 0. The second-order valence-corrected chi connectivity index (χ2v) is 5.82. The fourth-order valence-corrected chi connectivity index (χ4v) is 2.80. The molecule has 0 aliphatic carbocycles. The topological polar surface area (TPSA) is 57.6 Å². The normalized spacial score (nSPS) is 10.3. The predicted octanol–water partition coefficient (Wildman–Crippen LogP) is 3.34. The molecule has 0 fully saturated rings. The van der Waals surface area contributed by atoms with Gasteiger partial charge in [-0.2, -0.15) is 0 Å². The Morgan fingerprint density at radius 1 is 1.15 bits per heavy atom. The van der Waals surface area contributed by atoms with Gasteiger partial charge in [0, 0.05) is 17.6 Å². The Morgan fingerprint density at radius 3 is 2.20 bits per heavy atom. The molecule has 0 spiro atoms. The van der Waals surface area contributed by atoms with Gasteiger partial charge < -0.3 is 10.0 Å². The molecule has 0 aliphatic heterocycles. The second-order valence-electron chi connectivity index (χ2n) is 4.57. The molecule has 1 amide bonds. The monoisotopic (exact) mass is 289 g/mol. The molecule has 1 heterocycles. The molecule has 1 aromatic carbocycles. The second kappa shape index (κ2) is 5.46. The van der Waals surface area contributed by atoms with Crippen LogP contribution in [-0.4, -0.2) is 24.0 Å². The number of anilines is 1. The van der Waals surface area contributed by atoms with E-state index in [4.69, 9.17) is 5.11 Å². The van der Waals surface area contributed by atoms with E-state index in [9.17, 15) is 9.59 Å². The van der Waals surface area contributed by atoms with Crippen molar-refractivity contribution in [3.63, 3.8) is 0 Å². The van der Waals surface area contributed by atoms with Gasteiger partial charge in [-0.3, -0.25) is 4.79 Å². The molecule has 0 saturated carbocycles. The first kappa shape index (κ1) is 14.3. The highest BCUT2D eigenvalue weighted by molar-refractivity contribution is 7.14. The zero-order chi connectivity index (χ0) is 14.9. The number of aromatic carboxylic acids is 1. The molecule has 1 N–H and O–H groups in total. The number of carboxylic acid groups (broad SMARTS) is 1. The number of thiophene rings is 1. The molecule has 2 rings (SSSR count). The number of nitrogens with zero attached hydrogens (tertiary/aromatic N) is 1. The molecular formula is C15H15NO3S. The molecule has 0 radical (unpaired) electrons. The van der Waals surface area contributed by atoms with Crippen molar-refractivity contribution in [3.05, 3.63) is 51.2 Å². The first-order valence-corrected chi connectivity index (χ1v) is 6.90. The van der Waals surface area contributed by atoms with Crippen LogP contribution in [0.5, 0.6) is 0 Å². The van der Waals surface area contributed by atoms with Crippen LogP contribution in [0.25, 0.3) is 0 Å². The number of carbonyl (C=O) groups is 2. The van der Waals surface area contributed by atoms with Crippen LogP contribution in [0.1, 0.15) is 30.5 Å². The molecule has 104 valence electrons. The number of rotatable bonds is 3. The summed E-state index contributed by atoms with van der Waals surface area (Å²) in [4.78, 5) is 26.5. The van der Waals surface area contributed by atoms with E-state index in [2.05, 4.69) is 0 Å². The summed E-state index contributed by atoms with van der Waals surface area (Å²) < 4.78 is 0. The first-order chi connectivity index (χ1) is 9.40. The van der Waals surface area contributed by atoms with Crippen molar-refractivity contribution in [1.29, 1.82) is 0 Å². The highest BCUT2D eigenvalue weighted by atomic mass is 32.1. The molecule has 0 bridgehead atoms. The largest absolute Gasteiger partial charge is 0.478 e. The maximum absolute atomic E-state index is 12.3. The minimum absolute atomic E-state index is 0.0886. The van der Waals surface area contributed by atoms with Crippen LogP contribution in [0.2, 0.25) is 0 Å². The average molecular weight is 289 g/mol. The molecule has 1 aromatic heterocycles. The molecule has 0 atom stereocenters. The Balaban J connectivity index is 2.24. The molecule has 4 nitrogen and oxygen atoms in total. The van der Waals surface area contributed by atoms with Gasteiger partial charge in [0.1, 0.15) is 0 Å². The molecule has 5 heteroatoms. The Labute approximate surface area is 121 Å². The molecule has 0 aliphatic rings. The van der Waals surface area contributed by atoms with Crippen molar-refractivity contribution < 1.29 is 14.7 Å². The standard InChI is InChI=1S/C15H15NO3S/c1-9-8-13(20-10(9)2)14(17)16(3)12-6-4-11(5-7-12)15(18)19/h4-8H,1-3H3,(H,18,19). The lowest BCUT2D eigenvalue weighted by atomic mass is 10.2. The summed E-state index contributed by atoms with van der Waals surface area (Å²) in [6.45, 7) is 3.96. The van der Waals surface area contributed by atoms with Crippen LogP contribution in [0, 0.1) is 13.8 Å². The average Bonchev–Trinajstić information content (AvgIpc) is 2.77. The van der Waals surface area contributed by atoms with Crippen molar-refractivity contribution in [2.75, 3.05) is 11.9 Å². The molecule has 2 aromatic rings. The van der Waals surface area contributed by atoms with E-state index < -0.39 is 5.97 Å². The van der Waals surface area contributed by atoms with Crippen LogP contribution in [0.4, 0.5) is 5.69 Å². The van der Waals surface area contributed by atoms with Gasteiger partial charge in [0.25, 0.3) is 5.91 Å². The number of aryl methyl sites for hydroxylation is 2. The smallest absolute Gasteiger partial charge is 0.335 e. The molecule has 20 heavy (non-hydrogen) atoms. The summed E-state index contributed by atoms with van der Waals surface area (Å²) in [5.74, 6) is -1.07. The Kier molecular flexibility index (Phi) is 3.90. The first-order valence-electron chi connectivity index (χ1n) is 6.08. The van der Waals surface area contributed by atoms with Crippen LogP contribution in [0.15, 0.2) is 30.3 Å². The summed E-state index contributed by atoms with van der Waals surface area (Å²) in [5, 5.41) is 8.86. The Morgan fingerprint density at radius 2 is 1.75 bits per heavy atom. The minimum atomic E-state index is -0.977. The number of carboxylic acids is 1. The molecular weight excluding hydrogens is 274 g/mol. The minimum Gasteiger partial charge on any atom is -0.478 e. The number of hydrogen-bond donors (Lipinski definition) is 1. The van der Waals surface area contributed by atoms with E-state index in [0.717, 1.165) is 10.4 Å². The fraction of sp³-hybridized carbons (Fsp3) is 0.200. The number of carbonyl (C=O) groups excluding carboxylic acids is 1. The van der Waals surface area contributed by atoms with E-state index in [1.165, 1.54) is 28.4 Å². The quantitative estimate of drug-likeness (QED) is 0.942.